The van der Waals surface area contributed by atoms with E-state index in [1.54, 1.807) is 0 Å². The number of aliphatic hydroxyl groups is 1. The van der Waals surface area contributed by atoms with Crippen LogP contribution in [0.25, 0.3) is 0 Å². The summed E-state index contributed by atoms with van der Waals surface area (Å²) in [7, 11) is 0. The van der Waals surface area contributed by atoms with Crippen LogP contribution < -0.4 is 0 Å². The lowest BCUT2D eigenvalue weighted by atomic mass is 9.90. The van der Waals surface area contributed by atoms with Gasteiger partial charge in [-0.1, -0.05) is 13.0 Å². The van der Waals surface area contributed by atoms with Gasteiger partial charge >= 0.3 is 0 Å². The Labute approximate surface area is 62.1 Å². The van der Waals surface area contributed by atoms with Crippen molar-refractivity contribution in [3.63, 3.8) is 0 Å². The summed E-state index contributed by atoms with van der Waals surface area (Å²) in [5.41, 5.74) is 2.15. The SMILES string of the molecule is CC1=CCC(C)C(C)=C1O. The molecule has 1 atom stereocenters. The molecule has 0 saturated carbocycles. The van der Waals surface area contributed by atoms with Gasteiger partial charge in [-0.15, -0.1) is 0 Å². The van der Waals surface area contributed by atoms with Gasteiger partial charge in [-0.05, 0) is 37.3 Å². The highest BCUT2D eigenvalue weighted by atomic mass is 16.3. The van der Waals surface area contributed by atoms with Crippen molar-refractivity contribution in [3.8, 4) is 0 Å². The predicted octanol–water partition coefficient (Wildman–Crippen LogP) is 2.80. The van der Waals surface area contributed by atoms with Crippen molar-refractivity contribution in [2.75, 3.05) is 0 Å². The molecule has 10 heavy (non-hydrogen) atoms. The minimum Gasteiger partial charge on any atom is -0.508 e. The standard InChI is InChI=1S/C9H14O/c1-6-4-5-7(2)9(10)8(6)3/h5-6,10H,4H2,1-3H3. The predicted molar refractivity (Wildman–Crippen MR) is 42.9 cm³/mol. The van der Waals surface area contributed by atoms with E-state index in [0.29, 0.717) is 11.7 Å². The van der Waals surface area contributed by atoms with Crippen molar-refractivity contribution in [2.45, 2.75) is 27.2 Å². The normalized spacial score (nSPS) is 26.7. The molecule has 1 heteroatoms. The first-order valence-corrected chi connectivity index (χ1v) is 3.69. The van der Waals surface area contributed by atoms with Gasteiger partial charge in [-0.3, -0.25) is 0 Å². The Kier molecular flexibility index (Phi) is 1.84. The van der Waals surface area contributed by atoms with E-state index in [4.69, 9.17) is 0 Å². The summed E-state index contributed by atoms with van der Waals surface area (Å²) in [6.07, 6.45) is 3.16. The molecule has 0 aliphatic heterocycles. The molecule has 56 valence electrons. The average molecular weight is 138 g/mol. The number of rotatable bonds is 0. The Balaban J connectivity index is 2.94. The van der Waals surface area contributed by atoms with Gasteiger partial charge < -0.3 is 5.11 Å². The van der Waals surface area contributed by atoms with Crippen molar-refractivity contribution in [1.82, 2.24) is 0 Å². The van der Waals surface area contributed by atoms with E-state index in [1.807, 2.05) is 13.8 Å². The van der Waals surface area contributed by atoms with E-state index < -0.39 is 0 Å². The van der Waals surface area contributed by atoms with Crippen molar-refractivity contribution in [1.29, 1.82) is 0 Å². The van der Waals surface area contributed by atoms with Crippen LogP contribution in [0, 0.1) is 5.92 Å². The molecule has 1 unspecified atom stereocenters. The molecule has 0 aromatic carbocycles. The number of aliphatic hydroxyl groups excluding tert-OH is 1. The quantitative estimate of drug-likeness (QED) is 0.545. The van der Waals surface area contributed by atoms with Crippen molar-refractivity contribution < 1.29 is 5.11 Å². The van der Waals surface area contributed by atoms with Crippen molar-refractivity contribution in [2.24, 2.45) is 5.92 Å². The molecule has 0 heterocycles. The maximum atomic E-state index is 9.43. The summed E-state index contributed by atoms with van der Waals surface area (Å²) in [6, 6.07) is 0. The second-order valence-corrected chi connectivity index (χ2v) is 3.06. The van der Waals surface area contributed by atoms with Gasteiger partial charge in [-0.25, -0.2) is 0 Å². The first-order valence-electron chi connectivity index (χ1n) is 3.69. The molecule has 1 rings (SSSR count). The van der Waals surface area contributed by atoms with E-state index in [1.165, 1.54) is 0 Å². The Hall–Kier alpha value is -0.720. The van der Waals surface area contributed by atoms with E-state index in [9.17, 15) is 5.11 Å². The molecule has 1 nitrogen and oxygen atoms in total. The van der Waals surface area contributed by atoms with Gasteiger partial charge in [0, 0.05) is 0 Å². The van der Waals surface area contributed by atoms with Crippen molar-refractivity contribution in [3.05, 3.63) is 23.0 Å². The monoisotopic (exact) mass is 138 g/mol. The van der Waals surface area contributed by atoms with Gasteiger partial charge in [0.2, 0.25) is 0 Å². The molecule has 0 amide bonds. The number of hydrogen-bond acceptors (Lipinski definition) is 1. The molecule has 1 aliphatic rings. The van der Waals surface area contributed by atoms with Gasteiger partial charge in [-0.2, -0.15) is 0 Å². The van der Waals surface area contributed by atoms with Crippen LogP contribution in [-0.4, -0.2) is 5.11 Å². The maximum absolute atomic E-state index is 9.43. The fourth-order valence-electron chi connectivity index (χ4n) is 1.17. The molecule has 0 spiro atoms. The topological polar surface area (TPSA) is 20.2 Å². The highest BCUT2D eigenvalue weighted by Crippen LogP contribution is 2.26. The Morgan fingerprint density at radius 3 is 2.60 bits per heavy atom. The first kappa shape index (κ1) is 7.39. The molecule has 0 saturated heterocycles. The molecular weight excluding hydrogens is 124 g/mol. The average Bonchev–Trinajstić information content (AvgIpc) is 1.93. The fourth-order valence-corrected chi connectivity index (χ4v) is 1.17. The summed E-state index contributed by atoms with van der Waals surface area (Å²) in [4.78, 5) is 0. The third-order valence-corrected chi connectivity index (χ3v) is 2.26. The number of allylic oxidation sites excluding steroid dienone is 3. The summed E-state index contributed by atoms with van der Waals surface area (Å²) in [6.45, 7) is 6.08. The largest absolute Gasteiger partial charge is 0.508 e. The minimum absolute atomic E-state index is 0.499. The zero-order valence-electron chi connectivity index (χ0n) is 6.81. The summed E-state index contributed by atoms with van der Waals surface area (Å²) in [5, 5.41) is 9.43. The molecular formula is C9H14O. The Morgan fingerprint density at radius 1 is 1.50 bits per heavy atom. The highest BCUT2D eigenvalue weighted by molar-refractivity contribution is 5.31. The van der Waals surface area contributed by atoms with E-state index in [0.717, 1.165) is 17.6 Å². The second-order valence-electron chi connectivity index (χ2n) is 3.06. The zero-order valence-corrected chi connectivity index (χ0v) is 6.81. The van der Waals surface area contributed by atoms with E-state index in [2.05, 4.69) is 13.0 Å². The van der Waals surface area contributed by atoms with Gasteiger partial charge in [0.05, 0.1) is 0 Å². The third-order valence-electron chi connectivity index (χ3n) is 2.26. The molecule has 0 bridgehead atoms. The fraction of sp³-hybridized carbons (Fsp3) is 0.556. The first-order chi connectivity index (χ1) is 4.63. The summed E-state index contributed by atoms with van der Waals surface area (Å²) >= 11 is 0. The lowest BCUT2D eigenvalue weighted by Gasteiger charge is -2.18. The zero-order chi connectivity index (χ0) is 7.72. The smallest absolute Gasteiger partial charge is 0.117 e. The van der Waals surface area contributed by atoms with Crippen LogP contribution in [0.15, 0.2) is 23.0 Å². The van der Waals surface area contributed by atoms with Gasteiger partial charge in [0.1, 0.15) is 5.76 Å². The number of hydrogen-bond donors (Lipinski definition) is 1. The minimum atomic E-state index is 0.499. The lowest BCUT2D eigenvalue weighted by molar-refractivity contribution is 0.399. The summed E-state index contributed by atoms with van der Waals surface area (Å²) < 4.78 is 0. The van der Waals surface area contributed by atoms with Crippen LogP contribution in [-0.2, 0) is 0 Å². The van der Waals surface area contributed by atoms with Crippen LogP contribution in [0.5, 0.6) is 0 Å². The molecule has 0 radical (unpaired) electrons. The third kappa shape index (κ3) is 1.08. The molecule has 0 aromatic rings. The van der Waals surface area contributed by atoms with Crippen LogP contribution >= 0.6 is 0 Å². The van der Waals surface area contributed by atoms with E-state index >= 15 is 0 Å². The Morgan fingerprint density at radius 2 is 2.10 bits per heavy atom. The van der Waals surface area contributed by atoms with Gasteiger partial charge in [0.25, 0.3) is 0 Å². The second kappa shape index (κ2) is 2.49. The van der Waals surface area contributed by atoms with E-state index in [-0.39, 0.29) is 0 Å². The highest BCUT2D eigenvalue weighted by Gasteiger charge is 2.14. The van der Waals surface area contributed by atoms with Crippen LogP contribution in [0.2, 0.25) is 0 Å². The van der Waals surface area contributed by atoms with Crippen LogP contribution in [0.4, 0.5) is 0 Å². The molecule has 0 fully saturated rings. The maximum Gasteiger partial charge on any atom is 0.117 e. The Bertz CT molecular complexity index is 199. The molecule has 1 aliphatic carbocycles. The summed E-state index contributed by atoms with van der Waals surface area (Å²) in [5.74, 6) is 1.02. The van der Waals surface area contributed by atoms with Crippen molar-refractivity contribution >= 4 is 0 Å². The molecule has 1 N–H and O–H groups in total. The lowest BCUT2D eigenvalue weighted by Crippen LogP contribution is -2.05. The van der Waals surface area contributed by atoms with Crippen LogP contribution in [0.3, 0.4) is 0 Å². The van der Waals surface area contributed by atoms with Gasteiger partial charge in [0.15, 0.2) is 0 Å². The molecule has 0 aromatic heterocycles. The van der Waals surface area contributed by atoms with Crippen LogP contribution in [0.1, 0.15) is 27.2 Å².